The molecule has 0 saturated carbocycles. The highest BCUT2D eigenvalue weighted by atomic mass is 19.4. The van der Waals surface area contributed by atoms with Crippen LogP contribution in [0.4, 0.5) is 18.0 Å². The molecule has 4 amide bonds. The number of halogens is 3. The molecule has 1 atom stereocenters. The third kappa shape index (κ3) is 4.01. The largest absolute Gasteiger partial charge is 0.497 e. The van der Waals surface area contributed by atoms with Crippen molar-refractivity contribution >= 4 is 17.8 Å². The van der Waals surface area contributed by atoms with Crippen molar-refractivity contribution in [1.82, 2.24) is 15.5 Å². The Labute approximate surface area is 141 Å². The molecule has 136 valence electrons. The molecular formula is C15H16F3N3O4. The molecule has 1 heterocycles. The number of amides is 4. The van der Waals surface area contributed by atoms with Crippen LogP contribution in [0.1, 0.15) is 12.5 Å². The Bertz CT molecular complexity index is 690. The summed E-state index contributed by atoms with van der Waals surface area (Å²) in [5, 5.41) is 4.07. The summed E-state index contributed by atoms with van der Waals surface area (Å²) >= 11 is 0. The summed E-state index contributed by atoms with van der Waals surface area (Å²) in [7, 11) is 1.47. The first-order valence-corrected chi connectivity index (χ1v) is 7.19. The molecule has 0 aromatic heterocycles. The smallest absolute Gasteiger partial charge is 0.405 e. The average Bonchev–Trinajstić information content (AvgIpc) is 2.77. The van der Waals surface area contributed by atoms with Crippen LogP contribution < -0.4 is 15.4 Å². The van der Waals surface area contributed by atoms with Gasteiger partial charge in [0, 0.05) is 0 Å². The summed E-state index contributed by atoms with van der Waals surface area (Å²) in [6.45, 7) is -0.889. The van der Waals surface area contributed by atoms with Gasteiger partial charge in [-0.25, -0.2) is 4.79 Å². The third-order valence-corrected chi connectivity index (χ3v) is 3.73. The number of carbonyl (C=O) groups is 3. The molecule has 0 aliphatic carbocycles. The second-order valence-corrected chi connectivity index (χ2v) is 5.57. The minimum absolute atomic E-state index is 0.449. The fourth-order valence-electron chi connectivity index (χ4n) is 2.36. The monoisotopic (exact) mass is 359 g/mol. The zero-order chi connectivity index (χ0) is 18.8. The predicted molar refractivity (Wildman–Crippen MR) is 79.7 cm³/mol. The van der Waals surface area contributed by atoms with Gasteiger partial charge in [-0.3, -0.25) is 14.5 Å². The molecule has 25 heavy (non-hydrogen) atoms. The number of rotatable bonds is 5. The van der Waals surface area contributed by atoms with Crippen molar-refractivity contribution in [2.24, 2.45) is 0 Å². The van der Waals surface area contributed by atoms with E-state index < -0.39 is 42.7 Å². The molecule has 1 aliphatic heterocycles. The third-order valence-electron chi connectivity index (χ3n) is 3.73. The van der Waals surface area contributed by atoms with E-state index in [2.05, 4.69) is 5.32 Å². The van der Waals surface area contributed by atoms with Crippen molar-refractivity contribution in [3.63, 3.8) is 0 Å². The predicted octanol–water partition coefficient (Wildman–Crippen LogP) is 1.14. The van der Waals surface area contributed by atoms with Crippen LogP contribution in [0.15, 0.2) is 24.3 Å². The van der Waals surface area contributed by atoms with Crippen LogP contribution in [-0.4, -0.2) is 49.1 Å². The van der Waals surface area contributed by atoms with E-state index in [9.17, 15) is 27.6 Å². The molecular weight excluding hydrogens is 343 g/mol. The summed E-state index contributed by atoms with van der Waals surface area (Å²) in [5.74, 6) is -1.27. The second kappa shape index (κ2) is 6.61. The molecule has 1 fully saturated rings. The van der Waals surface area contributed by atoms with Crippen molar-refractivity contribution < 1.29 is 32.3 Å². The standard InChI is InChI=1S/C15H16F3N3O4/c1-14(9-3-5-10(25-2)6-4-9)12(23)21(13(24)20-14)7-11(22)19-8-15(16,17)18/h3-6H,7-8H2,1-2H3,(H,19,22)(H,20,24). The molecule has 1 saturated heterocycles. The highest BCUT2D eigenvalue weighted by Crippen LogP contribution is 2.29. The maximum absolute atomic E-state index is 12.5. The van der Waals surface area contributed by atoms with Gasteiger partial charge in [-0.1, -0.05) is 12.1 Å². The number of imide groups is 1. The topological polar surface area (TPSA) is 87.7 Å². The number of ether oxygens (including phenoxy) is 1. The molecule has 1 aliphatic rings. The number of benzene rings is 1. The summed E-state index contributed by atoms with van der Waals surface area (Å²) in [4.78, 5) is 36.7. The van der Waals surface area contributed by atoms with Gasteiger partial charge in [0.05, 0.1) is 7.11 Å². The number of nitrogens with zero attached hydrogens (tertiary/aromatic N) is 1. The van der Waals surface area contributed by atoms with E-state index in [1.165, 1.54) is 14.0 Å². The second-order valence-electron chi connectivity index (χ2n) is 5.57. The zero-order valence-corrected chi connectivity index (χ0v) is 13.4. The first-order chi connectivity index (χ1) is 11.6. The minimum Gasteiger partial charge on any atom is -0.497 e. The molecule has 1 unspecified atom stereocenters. The maximum atomic E-state index is 12.5. The Morgan fingerprint density at radius 2 is 1.88 bits per heavy atom. The van der Waals surface area contributed by atoms with Crippen molar-refractivity contribution in [3.05, 3.63) is 29.8 Å². The van der Waals surface area contributed by atoms with Crippen molar-refractivity contribution in [3.8, 4) is 5.75 Å². The Morgan fingerprint density at radius 3 is 2.40 bits per heavy atom. The van der Waals surface area contributed by atoms with Crippen LogP contribution >= 0.6 is 0 Å². The lowest BCUT2D eigenvalue weighted by Crippen LogP contribution is -2.44. The number of hydrogen-bond donors (Lipinski definition) is 2. The number of nitrogens with one attached hydrogen (secondary N) is 2. The number of urea groups is 1. The van der Waals surface area contributed by atoms with Gasteiger partial charge in [-0.15, -0.1) is 0 Å². The summed E-state index contributed by atoms with van der Waals surface area (Å²) in [6, 6.07) is 5.48. The van der Waals surface area contributed by atoms with Gasteiger partial charge < -0.3 is 15.4 Å². The zero-order valence-electron chi connectivity index (χ0n) is 13.4. The fraction of sp³-hybridized carbons (Fsp3) is 0.400. The highest BCUT2D eigenvalue weighted by Gasteiger charge is 2.49. The maximum Gasteiger partial charge on any atom is 0.405 e. The summed E-state index contributed by atoms with van der Waals surface area (Å²) in [5.41, 5.74) is -0.974. The Morgan fingerprint density at radius 1 is 1.28 bits per heavy atom. The molecule has 0 radical (unpaired) electrons. The van der Waals surface area contributed by atoms with Crippen molar-refractivity contribution in [2.45, 2.75) is 18.6 Å². The van der Waals surface area contributed by atoms with E-state index in [4.69, 9.17) is 4.74 Å². The molecule has 1 aromatic carbocycles. The van der Waals surface area contributed by atoms with Gasteiger partial charge in [-0.05, 0) is 24.6 Å². The SMILES string of the molecule is COc1ccc(C2(C)NC(=O)N(CC(=O)NCC(F)(F)F)C2=O)cc1. The summed E-state index contributed by atoms with van der Waals surface area (Å²) < 4.78 is 41.3. The Hall–Kier alpha value is -2.78. The van der Waals surface area contributed by atoms with E-state index in [0.29, 0.717) is 16.2 Å². The van der Waals surface area contributed by atoms with E-state index in [-0.39, 0.29) is 0 Å². The van der Waals surface area contributed by atoms with E-state index in [0.717, 1.165) is 0 Å². The lowest BCUT2D eigenvalue weighted by Gasteiger charge is -2.22. The number of hydrogen-bond acceptors (Lipinski definition) is 4. The van der Waals surface area contributed by atoms with Gasteiger partial charge in [0.1, 0.15) is 24.4 Å². The number of carbonyl (C=O) groups excluding carboxylic acids is 3. The van der Waals surface area contributed by atoms with Crippen molar-refractivity contribution in [2.75, 3.05) is 20.2 Å². The van der Waals surface area contributed by atoms with Gasteiger partial charge >= 0.3 is 12.2 Å². The average molecular weight is 359 g/mol. The summed E-state index contributed by atoms with van der Waals surface area (Å²) in [6.07, 6.45) is -4.58. The van der Waals surface area contributed by atoms with Gasteiger partial charge in [0.25, 0.3) is 5.91 Å². The number of alkyl halides is 3. The molecule has 0 bridgehead atoms. The lowest BCUT2D eigenvalue weighted by molar-refractivity contribution is -0.141. The molecule has 7 nitrogen and oxygen atoms in total. The first-order valence-electron chi connectivity index (χ1n) is 7.19. The van der Waals surface area contributed by atoms with Gasteiger partial charge in [-0.2, -0.15) is 13.2 Å². The quantitative estimate of drug-likeness (QED) is 0.772. The number of methoxy groups -OCH3 is 1. The van der Waals surface area contributed by atoms with Gasteiger partial charge in [0.15, 0.2) is 0 Å². The molecule has 1 aromatic rings. The fourth-order valence-corrected chi connectivity index (χ4v) is 2.36. The normalized spacial score (nSPS) is 20.4. The lowest BCUT2D eigenvalue weighted by atomic mass is 9.92. The minimum atomic E-state index is -4.58. The van der Waals surface area contributed by atoms with Crippen LogP contribution in [-0.2, 0) is 15.1 Å². The van der Waals surface area contributed by atoms with Crippen LogP contribution in [0.25, 0.3) is 0 Å². The molecule has 10 heteroatoms. The molecule has 2 N–H and O–H groups in total. The molecule has 0 spiro atoms. The van der Waals surface area contributed by atoms with Crippen LogP contribution in [0, 0.1) is 0 Å². The van der Waals surface area contributed by atoms with E-state index in [1.807, 2.05) is 0 Å². The highest BCUT2D eigenvalue weighted by molar-refractivity contribution is 6.09. The van der Waals surface area contributed by atoms with Crippen LogP contribution in [0.2, 0.25) is 0 Å². The van der Waals surface area contributed by atoms with Gasteiger partial charge in [0.2, 0.25) is 5.91 Å². The molecule has 2 rings (SSSR count). The van der Waals surface area contributed by atoms with E-state index >= 15 is 0 Å². The Balaban J connectivity index is 2.11. The van der Waals surface area contributed by atoms with E-state index in [1.54, 1.807) is 29.6 Å². The first kappa shape index (κ1) is 18.6. The van der Waals surface area contributed by atoms with Crippen LogP contribution in [0.5, 0.6) is 5.75 Å². The Kier molecular flexibility index (Phi) is 4.91. The van der Waals surface area contributed by atoms with Crippen LogP contribution in [0.3, 0.4) is 0 Å². The van der Waals surface area contributed by atoms with Crippen molar-refractivity contribution in [1.29, 1.82) is 0 Å².